The lowest BCUT2D eigenvalue weighted by atomic mass is 10.1. The molecule has 0 radical (unpaired) electrons. The second-order valence-electron chi connectivity index (χ2n) is 5.69. The standard InChI is InChI=1S/C18H17F4N3O3/c1-3-15(26)25-14-8-7-12(10(2)24-14)17(27)23-9-11-5-4-6-13(16(11)19)28-18(20,21)22/h4-8H,3,9H2,1-2H3,(H,23,27)(H,24,25,26). The van der Waals surface area contributed by atoms with E-state index in [1.807, 2.05) is 0 Å². The molecular weight excluding hydrogens is 382 g/mol. The summed E-state index contributed by atoms with van der Waals surface area (Å²) in [5.41, 5.74) is 0.325. The summed E-state index contributed by atoms with van der Waals surface area (Å²) >= 11 is 0. The number of hydrogen-bond donors (Lipinski definition) is 2. The number of carbonyl (C=O) groups excluding carboxylic acids is 2. The van der Waals surface area contributed by atoms with Crippen LogP contribution in [-0.4, -0.2) is 23.2 Å². The summed E-state index contributed by atoms with van der Waals surface area (Å²) in [5, 5.41) is 4.97. The summed E-state index contributed by atoms with van der Waals surface area (Å²) in [6.07, 6.45) is -4.76. The second-order valence-corrected chi connectivity index (χ2v) is 5.69. The number of halogens is 4. The minimum atomic E-state index is -5.03. The minimum absolute atomic E-state index is 0.174. The van der Waals surface area contributed by atoms with Crippen LogP contribution in [0.4, 0.5) is 23.4 Å². The number of pyridine rings is 1. The number of hydrogen-bond acceptors (Lipinski definition) is 4. The smallest absolute Gasteiger partial charge is 0.403 e. The molecule has 150 valence electrons. The minimum Gasteiger partial charge on any atom is -0.403 e. The Hall–Kier alpha value is -3.17. The molecule has 2 rings (SSSR count). The van der Waals surface area contributed by atoms with Crippen molar-refractivity contribution in [3.8, 4) is 5.75 Å². The van der Waals surface area contributed by atoms with Crippen LogP contribution in [0.3, 0.4) is 0 Å². The third kappa shape index (κ3) is 5.66. The number of nitrogens with one attached hydrogen (secondary N) is 2. The topological polar surface area (TPSA) is 80.3 Å². The van der Waals surface area contributed by atoms with E-state index in [2.05, 4.69) is 20.4 Å². The number of rotatable bonds is 6. The summed E-state index contributed by atoms with van der Waals surface area (Å²) in [6.45, 7) is 2.88. The maximum absolute atomic E-state index is 14.1. The zero-order chi connectivity index (χ0) is 20.9. The Morgan fingerprint density at radius 1 is 1.18 bits per heavy atom. The molecule has 10 heteroatoms. The van der Waals surface area contributed by atoms with E-state index in [0.29, 0.717) is 5.69 Å². The van der Waals surface area contributed by atoms with E-state index in [9.17, 15) is 27.2 Å². The molecule has 0 spiro atoms. The van der Waals surface area contributed by atoms with E-state index >= 15 is 0 Å². The van der Waals surface area contributed by atoms with Crippen molar-refractivity contribution in [3.63, 3.8) is 0 Å². The fourth-order valence-corrected chi connectivity index (χ4v) is 2.27. The van der Waals surface area contributed by atoms with Gasteiger partial charge in [-0.2, -0.15) is 0 Å². The van der Waals surface area contributed by atoms with Crippen LogP contribution in [0.5, 0.6) is 5.75 Å². The Balaban J connectivity index is 2.08. The van der Waals surface area contributed by atoms with Gasteiger partial charge in [-0.05, 0) is 25.1 Å². The van der Waals surface area contributed by atoms with Gasteiger partial charge in [0.05, 0.1) is 11.3 Å². The number of benzene rings is 1. The number of amides is 2. The molecule has 1 heterocycles. The van der Waals surface area contributed by atoms with E-state index in [4.69, 9.17) is 0 Å². The Morgan fingerprint density at radius 3 is 2.50 bits per heavy atom. The Bertz CT molecular complexity index is 885. The van der Waals surface area contributed by atoms with Crippen molar-refractivity contribution in [2.75, 3.05) is 5.32 Å². The number of carbonyl (C=O) groups is 2. The summed E-state index contributed by atoms with van der Waals surface area (Å²) < 4.78 is 54.5. The fourth-order valence-electron chi connectivity index (χ4n) is 2.27. The van der Waals surface area contributed by atoms with E-state index in [-0.39, 0.29) is 35.8 Å². The van der Waals surface area contributed by atoms with Gasteiger partial charge in [0.2, 0.25) is 5.91 Å². The van der Waals surface area contributed by atoms with Crippen molar-refractivity contribution in [1.29, 1.82) is 0 Å². The highest BCUT2D eigenvalue weighted by Crippen LogP contribution is 2.27. The summed E-state index contributed by atoms with van der Waals surface area (Å²) in [5.74, 6) is -2.75. The molecule has 1 aromatic carbocycles. The van der Waals surface area contributed by atoms with Crippen LogP contribution >= 0.6 is 0 Å². The van der Waals surface area contributed by atoms with E-state index < -0.39 is 23.8 Å². The van der Waals surface area contributed by atoms with Crippen LogP contribution in [0.2, 0.25) is 0 Å². The van der Waals surface area contributed by atoms with Crippen LogP contribution in [-0.2, 0) is 11.3 Å². The summed E-state index contributed by atoms with van der Waals surface area (Å²) in [4.78, 5) is 27.7. The maximum Gasteiger partial charge on any atom is 0.573 e. The lowest BCUT2D eigenvalue weighted by Crippen LogP contribution is -2.25. The predicted molar refractivity (Wildman–Crippen MR) is 92.1 cm³/mol. The molecule has 2 amide bonds. The zero-order valence-corrected chi connectivity index (χ0v) is 15.0. The second kappa shape index (κ2) is 8.68. The van der Waals surface area contributed by atoms with Crippen molar-refractivity contribution < 1.29 is 31.9 Å². The molecule has 2 aromatic rings. The van der Waals surface area contributed by atoms with Crippen LogP contribution in [0, 0.1) is 12.7 Å². The van der Waals surface area contributed by atoms with Gasteiger partial charge >= 0.3 is 6.36 Å². The SMILES string of the molecule is CCC(=O)Nc1ccc(C(=O)NCc2cccc(OC(F)(F)F)c2F)c(C)n1. The first-order valence-corrected chi connectivity index (χ1v) is 8.19. The number of nitrogens with zero attached hydrogens (tertiary/aromatic N) is 1. The first kappa shape index (κ1) is 21.1. The van der Waals surface area contributed by atoms with Crippen LogP contribution < -0.4 is 15.4 Å². The van der Waals surface area contributed by atoms with E-state index in [0.717, 1.165) is 6.07 Å². The number of alkyl halides is 3. The lowest BCUT2D eigenvalue weighted by Gasteiger charge is -2.13. The molecule has 0 bridgehead atoms. The highest BCUT2D eigenvalue weighted by atomic mass is 19.4. The molecule has 0 saturated carbocycles. The Kier molecular flexibility index (Phi) is 6.55. The highest BCUT2D eigenvalue weighted by molar-refractivity contribution is 5.96. The van der Waals surface area contributed by atoms with E-state index in [1.54, 1.807) is 13.8 Å². The van der Waals surface area contributed by atoms with Crippen molar-refractivity contribution >= 4 is 17.6 Å². The molecule has 0 aliphatic carbocycles. The van der Waals surface area contributed by atoms with Gasteiger partial charge in [-0.1, -0.05) is 19.1 Å². The van der Waals surface area contributed by atoms with Crippen LogP contribution in [0.15, 0.2) is 30.3 Å². The molecular formula is C18H17F4N3O3. The molecule has 0 saturated heterocycles. The maximum atomic E-state index is 14.1. The van der Waals surface area contributed by atoms with Crippen molar-refractivity contribution in [3.05, 3.63) is 53.0 Å². The van der Waals surface area contributed by atoms with Gasteiger partial charge in [0.25, 0.3) is 5.91 Å². The van der Waals surface area contributed by atoms with Gasteiger partial charge in [0, 0.05) is 18.5 Å². The van der Waals surface area contributed by atoms with Gasteiger partial charge in [-0.3, -0.25) is 9.59 Å². The Labute approximate surface area is 157 Å². The van der Waals surface area contributed by atoms with Crippen molar-refractivity contribution in [1.82, 2.24) is 10.3 Å². The first-order chi connectivity index (χ1) is 13.1. The van der Waals surface area contributed by atoms with Gasteiger partial charge in [-0.15, -0.1) is 13.2 Å². The fraction of sp³-hybridized carbons (Fsp3) is 0.278. The third-order valence-electron chi connectivity index (χ3n) is 3.63. The van der Waals surface area contributed by atoms with Crippen LogP contribution in [0.25, 0.3) is 0 Å². The van der Waals surface area contributed by atoms with Crippen molar-refractivity contribution in [2.45, 2.75) is 33.2 Å². The number of anilines is 1. The van der Waals surface area contributed by atoms with Crippen LogP contribution in [0.1, 0.15) is 35.0 Å². The molecule has 1 aromatic heterocycles. The molecule has 0 aliphatic rings. The molecule has 2 N–H and O–H groups in total. The molecule has 0 unspecified atom stereocenters. The highest BCUT2D eigenvalue weighted by Gasteiger charge is 2.32. The number of ether oxygens (including phenoxy) is 1. The third-order valence-corrected chi connectivity index (χ3v) is 3.63. The molecule has 28 heavy (non-hydrogen) atoms. The van der Waals surface area contributed by atoms with E-state index in [1.165, 1.54) is 24.3 Å². The molecule has 0 atom stereocenters. The summed E-state index contributed by atoms with van der Waals surface area (Å²) in [7, 11) is 0. The number of aromatic nitrogens is 1. The largest absolute Gasteiger partial charge is 0.573 e. The number of aryl methyl sites for hydroxylation is 1. The molecule has 6 nitrogen and oxygen atoms in total. The summed E-state index contributed by atoms with van der Waals surface area (Å²) in [6, 6.07) is 6.12. The van der Waals surface area contributed by atoms with Gasteiger partial charge in [0.15, 0.2) is 11.6 Å². The first-order valence-electron chi connectivity index (χ1n) is 8.19. The Morgan fingerprint density at radius 2 is 1.89 bits per heavy atom. The van der Waals surface area contributed by atoms with Crippen molar-refractivity contribution in [2.24, 2.45) is 0 Å². The van der Waals surface area contributed by atoms with Gasteiger partial charge in [0.1, 0.15) is 5.82 Å². The monoisotopic (exact) mass is 399 g/mol. The van der Waals surface area contributed by atoms with Gasteiger partial charge in [-0.25, -0.2) is 9.37 Å². The zero-order valence-electron chi connectivity index (χ0n) is 15.0. The normalized spacial score (nSPS) is 11.1. The van der Waals surface area contributed by atoms with Gasteiger partial charge < -0.3 is 15.4 Å². The average molecular weight is 399 g/mol. The molecule has 0 fully saturated rings. The molecule has 0 aliphatic heterocycles. The lowest BCUT2D eigenvalue weighted by molar-refractivity contribution is -0.275. The quantitative estimate of drug-likeness (QED) is 0.726. The average Bonchev–Trinajstić information content (AvgIpc) is 2.61. The predicted octanol–water partition coefficient (Wildman–Crippen LogP) is 3.71.